The van der Waals surface area contributed by atoms with E-state index in [0.717, 1.165) is 0 Å². The molecule has 0 saturated heterocycles. The maximum absolute atomic E-state index is 11.8. The van der Waals surface area contributed by atoms with Gasteiger partial charge in [-0.05, 0) is 0 Å². The molecule has 48 valence electrons. The monoisotopic (exact) mass is 186 g/mol. The minimum atomic E-state index is -1.11. The summed E-state index contributed by atoms with van der Waals surface area (Å²) in [5.74, 6) is -2.06. The topological polar surface area (TPSA) is 20.2 Å². The normalized spacial score (nSPS) is 13.5. The second kappa shape index (κ2) is 3.97. The highest BCUT2D eigenvalue weighted by Gasteiger charge is 2.00. The van der Waals surface area contributed by atoms with Crippen molar-refractivity contribution in [2.75, 3.05) is 11.9 Å². The molecule has 1 nitrogen and oxygen atoms in total. The molecule has 0 aromatic rings. The number of rotatable bonds is 2. The lowest BCUT2D eigenvalue weighted by Crippen LogP contribution is -1.87. The van der Waals surface area contributed by atoms with Gasteiger partial charge in [-0.1, -0.05) is 15.9 Å². The first kappa shape index (κ1) is 8.04. The molecule has 0 atom stereocenters. The zero-order chi connectivity index (χ0) is 6.57. The summed E-state index contributed by atoms with van der Waals surface area (Å²) in [4.78, 5) is 0. The Morgan fingerprint density at radius 1 is 1.38 bits per heavy atom. The number of aliphatic hydroxyl groups excluding tert-OH is 1. The van der Waals surface area contributed by atoms with Gasteiger partial charge in [0.2, 0.25) is 0 Å². The molecule has 1 N–H and O–H groups in total. The Labute approximate surface area is 54.1 Å². The van der Waals surface area contributed by atoms with Crippen molar-refractivity contribution in [1.29, 1.82) is 0 Å². The third kappa shape index (κ3) is 2.37. The van der Waals surface area contributed by atoms with Crippen LogP contribution < -0.4 is 0 Å². The molecule has 0 saturated carbocycles. The van der Waals surface area contributed by atoms with Gasteiger partial charge in [-0.15, -0.1) is 0 Å². The molecule has 0 bridgehead atoms. The van der Waals surface area contributed by atoms with E-state index in [2.05, 4.69) is 15.9 Å². The third-order valence-electron chi connectivity index (χ3n) is 0.550. The minimum absolute atomic E-state index is 0.181. The molecule has 0 heterocycles. The van der Waals surface area contributed by atoms with Crippen LogP contribution >= 0.6 is 15.9 Å². The van der Waals surface area contributed by atoms with Crippen LogP contribution in [0.25, 0.3) is 0 Å². The molecule has 0 aliphatic rings. The molecular formula is C4H5BrF2O. The Balaban J connectivity index is 3.83. The maximum Gasteiger partial charge on any atom is 0.157 e. The molecule has 0 fully saturated rings. The van der Waals surface area contributed by atoms with Crippen LogP contribution in [-0.4, -0.2) is 17.0 Å². The van der Waals surface area contributed by atoms with Crippen molar-refractivity contribution in [2.45, 2.75) is 0 Å². The Hall–Kier alpha value is 0.0400. The minimum Gasteiger partial charge on any atom is -0.389 e. The molecule has 0 amide bonds. The summed E-state index contributed by atoms with van der Waals surface area (Å²) in [6.45, 7) is -0.864. The summed E-state index contributed by atoms with van der Waals surface area (Å²) < 4.78 is 23.6. The lowest BCUT2D eigenvalue weighted by atomic mass is 10.5. The molecule has 0 rings (SSSR count). The van der Waals surface area contributed by atoms with E-state index in [-0.39, 0.29) is 5.33 Å². The first-order valence-corrected chi connectivity index (χ1v) is 3.04. The summed E-state index contributed by atoms with van der Waals surface area (Å²) in [5.41, 5.74) is 0. The standard InChI is InChI=1S/C4H5BrF2O/c5-1-3(6)4(7)2-8/h8H,1-2H2. The predicted molar refractivity (Wildman–Crippen MR) is 30.1 cm³/mol. The van der Waals surface area contributed by atoms with Crippen LogP contribution in [0.3, 0.4) is 0 Å². The van der Waals surface area contributed by atoms with Gasteiger partial charge in [-0.25, -0.2) is 8.78 Å². The number of hydrogen-bond donors (Lipinski definition) is 1. The first-order chi connectivity index (χ1) is 3.72. The highest BCUT2D eigenvalue weighted by molar-refractivity contribution is 9.09. The van der Waals surface area contributed by atoms with Crippen LogP contribution in [0.1, 0.15) is 0 Å². The van der Waals surface area contributed by atoms with E-state index < -0.39 is 18.3 Å². The summed E-state index contributed by atoms with van der Waals surface area (Å²) in [6.07, 6.45) is 0. The number of alkyl halides is 1. The van der Waals surface area contributed by atoms with Crippen molar-refractivity contribution in [3.8, 4) is 0 Å². The van der Waals surface area contributed by atoms with Crippen molar-refractivity contribution in [1.82, 2.24) is 0 Å². The molecule has 0 unspecified atom stereocenters. The molecule has 0 radical (unpaired) electrons. The number of hydrogen-bond acceptors (Lipinski definition) is 1. The second-order valence-corrected chi connectivity index (χ2v) is 1.66. The van der Waals surface area contributed by atoms with Crippen LogP contribution in [-0.2, 0) is 0 Å². The van der Waals surface area contributed by atoms with Crippen molar-refractivity contribution < 1.29 is 13.9 Å². The Bertz CT molecular complexity index is 90.2. The molecule has 0 aliphatic carbocycles. The number of aliphatic hydroxyl groups is 1. The van der Waals surface area contributed by atoms with E-state index in [9.17, 15) is 8.78 Å². The van der Waals surface area contributed by atoms with Crippen LogP contribution in [0.5, 0.6) is 0 Å². The van der Waals surface area contributed by atoms with E-state index in [1.54, 1.807) is 0 Å². The van der Waals surface area contributed by atoms with E-state index >= 15 is 0 Å². The SMILES string of the molecule is OCC(F)=C(F)CBr. The van der Waals surface area contributed by atoms with Crippen molar-refractivity contribution in [2.24, 2.45) is 0 Å². The summed E-state index contributed by atoms with van der Waals surface area (Å²) >= 11 is 2.67. The molecule has 4 heteroatoms. The van der Waals surface area contributed by atoms with Crippen LogP contribution in [0, 0.1) is 0 Å². The van der Waals surface area contributed by atoms with E-state index in [1.165, 1.54) is 0 Å². The van der Waals surface area contributed by atoms with Gasteiger partial charge >= 0.3 is 0 Å². The second-order valence-electron chi connectivity index (χ2n) is 1.10. The lowest BCUT2D eigenvalue weighted by molar-refractivity contribution is 0.289. The summed E-state index contributed by atoms with van der Waals surface area (Å²) in [5, 5.41) is 7.76. The van der Waals surface area contributed by atoms with Crippen molar-refractivity contribution >= 4 is 15.9 Å². The van der Waals surface area contributed by atoms with Gasteiger partial charge in [0.1, 0.15) is 5.83 Å². The van der Waals surface area contributed by atoms with E-state index in [4.69, 9.17) is 5.11 Å². The Morgan fingerprint density at radius 2 is 1.88 bits per heavy atom. The van der Waals surface area contributed by atoms with E-state index in [1.807, 2.05) is 0 Å². The van der Waals surface area contributed by atoms with Crippen LogP contribution in [0.4, 0.5) is 8.78 Å². The van der Waals surface area contributed by atoms with Crippen molar-refractivity contribution in [3.05, 3.63) is 11.7 Å². The van der Waals surface area contributed by atoms with E-state index in [0.29, 0.717) is 0 Å². The lowest BCUT2D eigenvalue weighted by Gasteiger charge is -1.89. The van der Waals surface area contributed by atoms with Gasteiger partial charge in [-0.3, -0.25) is 0 Å². The molecule has 0 spiro atoms. The average molecular weight is 187 g/mol. The third-order valence-corrected chi connectivity index (χ3v) is 1.04. The molecule has 0 aromatic heterocycles. The first-order valence-electron chi connectivity index (χ1n) is 1.92. The Kier molecular flexibility index (Phi) is 3.99. The van der Waals surface area contributed by atoms with Gasteiger partial charge in [-0.2, -0.15) is 0 Å². The van der Waals surface area contributed by atoms with Gasteiger partial charge in [0.15, 0.2) is 5.83 Å². The fraction of sp³-hybridized carbons (Fsp3) is 0.500. The largest absolute Gasteiger partial charge is 0.389 e. The summed E-state index contributed by atoms with van der Waals surface area (Å²) in [7, 11) is 0. The summed E-state index contributed by atoms with van der Waals surface area (Å²) in [6, 6.07) is 0. The average Bonchev–Trinajstić information content (AvgIpc) is 1.84. The predicted octanol–water partition coefficient (Wildman–Crippen LogP) is 1.52. The van der Waals surface area contributed by atoms with Gasteiger partial charge < -0.3 is 5.11 Å². The fourth-order valence-electron chi connectivity index (χ4n) is 0.158. The highest BCUT2D eigenvalue weighted by Crippen LogP contribution is 2.08. The van der Waals surface area contributed by atoms with Crippen LogP contribution in [0.2, 0.25) is 0 Å². The van der Waals surface area contributed by atoms with Gasteiger partial charge in [0.25, 0.3) is 0 Å². The molecule has 0 aliphatic heterocycles. The van der Waals surface area contributed by atoms with Crippen LogP contribution in [0.15, 0.2) is 11.7 Å². The molecule has 8 heavy (non-hydrogen) atoms. The number of halogens is 3. The smallest absolute Gasteiger partial charge is 0.157 e. The molecule has 0 aromatic carbocycles. The van der Waals surface area contributed by atoms with Gasteiger partial charge in [0.05, 0.1) is 11.9 Å². The number of allylic oxidation sites excluding steroid dienone is 1. The Morgan fingerprint density at radius 3 is 2.00 bits per heavy atom. The van der Waals surface area contributed by atoms with Gasteiger partial charge in [0, 0.05) is 0 Å². The zero-order valence-electron chi connectivity index (χ0n) is 4.00. The fourth-order valence-corrected chi connectivity index (χ4v) is 0.463. The maximum atomic E-state index is 11.8. The highest BCUT2D eigenvalue weighted by atomic mass is 79.9. The zero-order valence-corrected chi connectivity index (χ0v) is 5.58. The quantitative estimate of drug-likeness (QED) is 0.649. The van der Waals surface area contributed by atoms with Crippen molar-refractivity contribution in [3.63, 3.8) is 0 Å². The molecular weight excluding hydrogens is 182 g/mol.